The summed E-state index contributed by atoms with van der Waals surface area (Å²) in [5.41, 5.74) is 0.579. The normalized spacial score (nSPS) is 10.3. The third-order valence-corrected chi connectivity index (χ3v) is 2.95. The van der Waals surface area contributed by atoms with Crippen molar-refractivity contribution in [3.8, 4) is 0 Å². The second-order valence-corrected chi connectivity index (χ2v) is 4.42. The van der Waals surface area contributed by atoms with E-state index < -0.39 is 16.6 Å². The van der Waals surface area contributed by atoms with Crippen LogP contribution in [0, 0.1) is 21.7 Å². The number of hydrogen-bond acceptors (Lipinski definition) is 3. The van der Waals surface area contributed by atoms with Crippen LogP contribution in [-0.2, 0) is 6.54 Å². The van der Waals surface area contributed by atoms with Gasteiger partial charge < -0.3 is 5.32 Å². The molecule has 0 saturated heterocycles. The topological polar surface area (TPSA) is 55.2 Å². The Morgan fingerprint density at radius 2 is 1.95 bits per heavy atom. The lowest BCUT2D eigenvalue weighted by Gasteiger charge is -2.08. The molecule has 0 amide bonds. The van der Waals surface area contributed by atoms with Gasteiger partial charge in [-0.3, -0.25) is 10.1 Å². The zero-order valence-corrected chi connectivity index (χ0v) is 10.8. The van der Waals surface area contributed by atoms with Gasteiger partial charge in [-0.25, -0.2) is 8.78 Å². The molecule has 0 radical (unpaired) electrons. The second-order valence-electron chi connectivity index (χ2n) is 4.01. The van der Waals surface area contributed by atoms with Crippen LogP contribution < -0.4 is 5.32 Å². The molecule has 2 rings (SSSR count). The first kappa shape index (κ1) is 14.2. The van der Waals surface area contributed by atoms with Crippen LogP contribution >= 0.6 is 11.6 Å². The Morgan fingerprint density at radius 1 is 1.20 bits per heavy atom. The molecule has 0 unspecified atom stereocenters. The highest BCUT2D eigenvalue weighted by molar-refractivity contribution is 6.32. The Kier molecular flexibility index (Phi) is 4.14. The van der Waals surface area contributed by atoms with Crippen molar-refractivity contribution in [2.75, 3.05) is 5.32 Å². The standard InChI is InChI=1S/C13H9ClF2N2O2/c14-11-6-10(3-4-13(11)18(19)20)17-7-8-1-2-9(15)5-12(8)16/h1-6,17H,7H2. The maximum atomic E-state index is 13.4. The molecule has 0 atom stereocenters. The van der Waals surface area contributed by atoms with Gasteiger partial charge in [0.1, 0.15) is 16.7 Å². The second kappa shape index (κ2) is 5.83. The monoisotopic (exact) mass is 298 g/mol. The van der Waals surface area contributed by atoms with Crippen LogP contribution in [0.1, 0.15) is 5.56 Å². The lowest BCUT2D eigenvalue weighted by molar-refractivity contribution is -0.384. The Morgan fingerprint density at radius 3 is 2.55 bits per heavy atom. The molecule has 0 spiro atoms. The third kappa shape index (κ3) is 3.21. The van der Waals surface area contributed by atoms with Gasteiger partial charge in [-0.2, -0.15) is 0 Å². The molecule has 2 aromatic carbocycles. The SMILES string of the molecule is O=[N+]([O-])c1ccc(NCc2ccc(F)cc2F)cc1Cl. The fourth-order valence-electron chi connectivity index (χ4n) is 1.63. The molecular weight excluding hydrogens is 290 g/mol. The van der Waals surface area contributed by atoms with E-state index in [-0.39, 0.29) is 22.8 Å². The minimum atomic E-state index is -0.662. The Hall–Kier alpha value is -2.21. The largest absolute Gasteiger partial charge is 0.381 e. The number of rotatable bonds is 4. The zero-order valence-electron chi connectivity index (χ0n) is 10.1. The molecule has 104 valence electrons. The van der Waals surface area contributed by atoms with Crippen molar-refractivity contribution in [3.05, 3.63) is 68.7 Å². The van der Waals surface area contributed by atoms with Crippen molar-refractivity contribution in [1.29, 1.82) is 0 Å². The Bertz CT molecular complexity index is 665. The van der Waals surface area contributed by atoms with Crippen LogP contribution in [0.25, 0.3) is 0 Å². The molecule has 20 heavy (non-hydrogen) atoms. The molecule has 1 N–H and O–H groups in total. The number of nitrogens with zero attached hydrogens (tertiary/aromatic N) is 1. The smallest absolute Gasteiger partial charge is 0.288 e. The van der Waals surface area contributed by atoms with Crippen molar-refractivity contribution in [1.82, 2.24) is 0 Å². The first-order chi connectivity index (χ1) is 9.47. The van der Waals surface area contributed by atoms with Crippen molar-refractivity contribution in [2.24, 2.45) is 0 Å². The van der Waals surface area contributed by atoms with Crippen molar-refractivity contribution < 1.29 is 13.7 Å². The van der Waals surface area contributed by atoms with E-state index in [9.17, 15) is 18.9 Å². The van der Waals surface area contributed by atoms with Crippen molar-refractivity contribution >= 4 is 23.0 Å². The molecule has 4 nitrogen and oxygen atoms in total. The number of nitro groups is 1. The highest BCUT2D eigenvalue weighted by Gasteiger charge is 2.12. The molecule has 7 heteroatoms. The molecule has 2 aromatic rings. The summed E-state index contributed by atoms with van der Waals surface area (Å²) in [4.78, 5) is 10.0. The van der Waals surface area contributed by atoms with Gasteiger partial charge in [0, 0.05) is 29.9 Å². The maximum Gasteiger partial charge on any atom is 0.288 e. The quantitative estimate of drug-likeness (QED) is 0.682. The summed E-state index contributed by atoms with van der Waals surface area (Å²) in [5, 5.41) is 13.4. The van der Waals surface area contributed by atoms with Gasteiger partial charge >= 0.3 is 0 Å². The van der Waals surface area contributed by atoms with E-state index in [1.165, 1.54) is 24.3 Å². The molecule has 0 aliphatic carbocycles. The Labute approximate surface area is 118 Å². The van der Waals surface area contributed by atoms with Crippen LogP contribution in [0.2, 0.25) is 5.02 Å². The third-order valence-electron chi connectivity index (χ3n) is 2.64. The summed E-state index contributed by atoms with van der Waals surface area (Å²) in [5.74, 6) is -1.31. The van der Waals surface area contributed by atoms with Crippen LogP contribution in [0.15, 0.2) is 36.4 Å². The molecule has 0 saturated carbocycles. The average molecular weight is 299 g/mol. The average Bonchev–Trinajstić information content (AvgIpc) is 2.37. The van der Waals surface area contributed by atoms with Gasteiger partial charge in [0.2, 0.25) is 0 Å². The number of anilines is 1. The van der Waals surface area contributed by atoms with E-state index in [0.717, 1.165) is 12.1 Å². The van der Waals surface area contributed by atoms with E-state index in [0.29, 0.717) is 5.69 Å². The predicted octanol–water partition coefficient (Wildman–Crippen LogP) is 4.14. The van der Waals surface area contributed by atoms with E-state index >= 15 is 0 Å². The first-order valence-corrected chi connectivity index (χ1v) is 5.97. The van der Waals surface area contributed by atoms with Crippen molar-refractivity contribution in [2.45, 2.75) is 6.54 Å². The summed E-state index contributed by atoms with van der Waals surface area (Å²) in [6, 6.07) is 7.37. The van der Waals surface area contributed by atoms with Gasteiger partial charge in [0.15, 0.2) is 0 Å². The van der Waals surface area contributed by atoms with Crippen LogP contribution in [0.4, 0.5) is 20.2 Å². The van der Waals surface area contributed by atoms with Crippen LogP contribution in [-0.4, -0.2) is 4.92 Å². The summed E-state index contributed by atoms with van der Waals surface area (Å²) < 4.78 is 26.1. The predicted molar refractivity (Wildman–Crippen MR) is 71.8 cm³/mol. The van der Waals surface area contributed by atoms with E-state index in [2.05, 4.69) is 5.32 Å². The fraction of sp³-hybridized carbons (Fsp3) is 0.0769. The fourth-order valence-corrected chi connectivity index (χ4v) is 1.88. The van der Waals surface area contributed by atoms with Crippen LogP contribution in [0.5, 0.6) is 0 Å². The number of nitrogens with one attached hydrogen (secondary N) is 1. The van der Waals surface area contributed by atoms with E-state index in [1.807, 2.05) is 0 Å². The van der Waals surface area contributed by atoms with Crippen LogP contribution in [0.3, 0.4) is 0 Å². The summed E-state index contributed by atoms with van der Waals surface area (Å²) in [7, 11) is 0. The lowest BCUT2D eigenvalue weighted by Crippen LogP contribution is -2.02. The van der Waals surface area contributed by atoms with Gasteiger partial charge in [-0.15, -0.1) is 0 Å². The minimum absolute atomic E-state index is 0.0143. The Balaban J connectivity index is 2.11. The maximum absolute atomic E-state index is 13.4. The highest BCUT2D eigenvalue weighted by atomic mass is 35.5. The molecule has 0 fully saturated rings. The molecule has 0 bridgehead atoms. The van der Waals surface area contributed by atoms with Crippen molar-refractivity contribution in [3.63, 3.8) is 0 Å². The van der Waals surface area contributed by atoms with Gasteiger partial charge in [0.05, 0.1) is 4.92 Å². The number of nitro benzene ring substituents is 1. The number of benzene rings is 2. The first-order valence-electron chi connectivity index (χ1n) is 5.59. The lowest BCUT2D eigenvalue weighted by atomic mass is 10.2. The molecule has 0 aromatic heterocycles. The number of halogens is 3. The summed E-state index contributed by atoms with van der Waals surface area (Å²) in [6.45, 7) is 0.111. The molecule has 0 aliphatic heterocycles. The molecule has 0 heterocycles. The number of hydrogen-bond donors (Lipinski definition) is 1. The molecular formula is C13H9ClF2N2O2. The van der Waals surface area contributed by atoms with Gasteiger partial charge in [-0.05, 0) is 18.2 Å². The van der Waals surface area contributed by atoms with E-state index in [1.54, 1.807) is 0 Å². The minimum Gasteiger partial charge on any atom is -0.381 e. The molecule has 0 aliphatic rings. The van der Waals surface area contributed by atoms with Gasteiger partial charge in [0.25, 0.3) is 5.69 Å². The summed E-state index contributed by atoms with van der Waals surface area (Å²) in [6.07, 6.45) is 0. The summed E-state index contributed by atoms with van der Waals surface area (Å²) >= 11 is 5.75. The zero-order chi connectivity index (χ0) is 14.7. The van der Waals surface area contributed by atoms with Gasteiger partial charge in [-0.1, -0.05) is 17.7 Å². The highest BCUT2D eigenvalue weighted by Crippen LogP contribution is 2.27. The van der Waals surface area contributed by atoms with E-state index in [4.69, 9.17) is 11.6 Å².